The van der Waals surface area contributed by atoms with Gasteiger partial charge in [0.2, 0.25) is 0 Å². The number of nitrogens with zero attached hydrogens (tertiary/aromatic N) is 3. The first-order valence-electron chi connectivity index (χ1n) is 6.97. The van der Waals surface area contributed by atoms with Crippen molar-refractivity contribution < 1.29 is 13.2 Å². The molecule has 2 heterocycles. The molecular weight excluding hydrogens is 304 g/mol. The molecule has 0 unspecified atom stereocenters. The van der Waals surface area contributed by atoms with Gasteiger partial charge in [-0.05, 0) is 12.0 Å². The summed E-state index contributed by atoms with van der Waals surface area (Å²) in [6, 6.07) is 9.38. The third-order valence-electron chi connectivity index (χ3n) is 3.53. The highest BCUT2D eigenvalue weighted by atomic mass is 32.2. The molecule has 0 spiro atoms. The molecule has 1 saturated heterocycles. The Labute approximate surface area is 128 Å². The first-order valence-corrected chi connectivity index (χ1v) is 8.79. The highest BCUT2D eigenvalue weighted by molar-refractivity contribution is 7.91. The summed E-state index contributed by atoms with van der Waals surface area (Å²) in [5.41, 5.74) is 1.25. The Balaban J connectivity index is 1.62. The van der Waals surface area contributed by atoms with E-state index in [1.54, 1.807) is 10.9 Å². The third-order valence-corrected chi connectivity index (χ3v) is 5.29. The van der Waals surface area contributed by atoms with E-state index in [1.165, 1.54) is 0 Å². The fourth-order valence-corrected chi connectivity index (χ4v) is 4.09. The van der Waals surface area contributed by atoms with Crippen LogP contribution in [0.15, 0.2) is 36.5 Å². The van der Waals surface area contributed by atoms with Crippen LogP contribution in [0.4, 0.5) is 0 Å². The number of benzene rings is 1. The zero-order chi connectivity index (χ0) is 15.6. The van der Waals surface area contributed by atoms with Gasteiger partial charge in [0.1, 0.15) is 0 Å². The third kappa shape index (κ3) is 3.51. The summed E-state index contributed by atoms with van der Waals surface area (Å²) in [6.07, 6.45) is 2.01. The molecule has 0 bridgehead atoms. The van der Waals surface area contributed by atoms with E-state index in [1.807, 2.05) is 30.3 Å². The van der Waals surface area contributed by atoms with Crippen LogP contribution >= 0.6 is 0 Å². The van der Waals surface area contributed by atoms with Crippen molar-refractivity contribution in [3.05, 3.63) is 47.8 Å². The van der Waals surface area contributed by atoms with Gasteiger partial charge in [0, 0.05) is 6.04 Å². The molecule has 0 saturated carbocycles. The van der Waals surface area contributed by atoms with E-state index in [-0.39, 0.29) is 29.1 Å². The van der Waals surface area contributed by atoms with Gasteiger partial charge in [0.25, 0.3) is 5.91 Å². The van der Waals surface area contributed by atoms with Gasteiger partial charge in [-0.25, -0.2) is 13.1 Å². The van der Waals surface area contributed by atoms with Crippen LogP contribution in [0.5, 0.6) is 0 Å². The number of nitrogens with one attached hydrogen (secondary N) is 1. The molecule has 1 aliphatic rings. The Kier molecular flexibility index (Phi) is 3.93. The standard InChI is InChI=1S/C14H16N4O3S/c19-14(15-12-6-7-22(20,21)10-12)13-9-18(17-16-13)8-11-4-2-1-3-5-11/h1-5,9,12H,6-8,10H2,(H,15,19)/t12-/m1/s1. The molecule has 2 aromatic rings. The number of hydrogen-bond donors (Lipinski definition) is 1. The molecule has 3 rings (SSSR count). The van der Waals surface area contributed by atoms with Crippen molar-refractivity contribution >= 4 is 15.7 Å². The maximum Gasteiger partial charge on any atom is 0.273 e. The molecule has 1 aromatic heterocycles. The lowest BCUT2D eigenvalue weighted by Crippen LogP contribution is -2.35. The molecule has 0 radical (unpaired) electrons. The summed E-state index contributed by atoms with van der Waals surface area (Å²) in [5, 5.41) is 10.5. The van der Waals surface area contributed by atoms with Crippen LogP contribution in [0, 0.1) is 0 Å². The van der Waals surface area contributed by atoms with Crippen LogP contribution in [-0.2, 0) is 16.4 Å². The number of amides is 1. The fourth-order valence-electron chi connectivity index (χ4n) is 2.42. The van der Waals surface area contributed by atoms with Gasteiger partial charge in [-0.15, -0.1) is 5.10 Å². The maximum absolute atomic E-state index is 12.1. The lowest BCUT2D eigenvalue weighted by atomic mass is 10.2. The van der Waals surface area contributed by atoms with Crippen LogP contribution in [0.3, 0.4) is 0 Å². The van der Waals surface area contributed by atoms with Gasteiger partial charge in [-0.3, -0.25) is 4.79 Å². The van der Waals surface area contributed by atoms with Crippen molar-refractivity contribution in [1.29, 1.82) is 0 Å². The molecule has 1 amide bonds. The second-order valence-corrected chi connectivity index (χ2v) is 7.59. The molecule has 22 heavy (non-hydrogen) atoms. The number of carbonyl (C=O) groups excluding carboxylic acids is 1. The Bertz CT molecular complexity index is 770. The van der Waals surface area contributed by atoms with Crippen LogP contribution in [0.1, 0.15) is 22.5 Å². The molecule has 1 aromatic carbocycles. The number of rotatable bonds is 4. The van der Waals surface area contributed by atoms with E-state index >= 15 is 0 Å². The molecule has 7 nitrogen and oxygen atoms in total. The topological polar surface area (TPSA) is 94.0 Å². The minimum atomic E-state index is -3.01. The minimum absolute atomic E-state index is 0.00308. The average Bonchev–Trinajstić information content (AvgIpc) is 3.07. The average molecular weight is 320 g/mol. The van der Waals surface area contributed by atoms with Gasteiger partial charge < -0.3 is 5.32 Å². The number of aromatic nitrogens is 3. The Hall–Kier alpha value is -2.22. The molecule has 1 N–H and O–H groups in total. The van der Waals surface area contributed by atoms with Crippen molar-refractivity contribution in [2.75, 3.05) is 11.5 Å². The van der Waals surface area contributed by atoms with Crippen LogP contribution in [0.25, 0.3) is 0 Å². The number of carbonyl (C=O) groups is 1. The van der Waals surface area contributed by atoms with Crippen molar-refractivity contribution in [3.63, 3.8) is 0 Å². The summed E-state index contributed by atoms with van der Waals surface area (Å²) < 4.78 is 24.3. The van der Waals surface area contributed by atoms with Crippen molar-refractivity contribution in [3.8, 4) is 0 Å². The summed E-state index contributed by atoms with van der Waals surface area (Å²) in [7, 11) is -3.01. The van der Waals surface area contributed by atoms with Gasteiger partial charge >= 0.3 is 0 Å². The van der Waals surface area contributed by atoms with Crippen molar-refractivity contribution in [1.82, 2.24) is 20.3 Å². The minimum Gasteiger partial charge on any atom is -0.347 e. The van der Waals surface area contributed by atoms with Gasteiger partial charge in [0.05, 0.1) is 24.2 Å². The maximum atomic E-state index is 12.1. The molecule has 1 aliphatic heterocycles. The Morgan fingerprint density at radius 3 is 2.77 bits per heavy atom. The summed E-state index contributed by atoms with van der Waals surface area (Å²) >= 11 is 0. The van der Waals surface area contributed by atoms with Gasteiger partial charge in [0.15, 0.2) is 15.5 Å². The van der Waals surface area contributed by atoms with E-state index in [0.29, 0.717) is 13.0 Å². The first kappa shape index (κ1) is 14.7. The lowest BCUT2D eigenvalue weighted by Gasteiger charge is -2.08. The molecule has 0 aliphatic carbocycles. The SMILES string of the molecule is O=C(N[C@@H]1CCS(=O)(=O)C1)c1cn(Cc2ccccc2)nn1. The molecule has 8 heteroatoms. The van der Waals surface area contributed by atoms with Crippen LogP contribution in [0.2, 0.25) is 0 Å². The van der Waals surface area contributed by atoms with E-state index in [4.69, 9.17) is 0 Å². The van der Waals surface area contributed by atoms with E-state index < -0.39 is 9.84 Å². The van der Waals surface area contributed by atoms with E-state index in [2.05, 4.69) is 15.6 Å². The Morgan fingerprint density at radius 2 is 2.09 bits per heavy atom. The summed E-state index contributed by atoms with van der Waals surface area (Å²) in [5.74, 6) is -0.267. The fraction of sp³-hybridized carbons (Fsp3) is 0.357. The van der Waals surface area contributed by atoms with Gasteiger partial charge in [-0.2, -0.15) is 0 Å². The zero-order valence-corrected chi connectivity index (χ0v) is 12.7. The van der Waals surface area contributed by atoms with E-state index in [9.17, 15) is 13.2 Å². The monoisotopic (exact) mass is 320 g/mol. The van der Waals surface area contributed by atoms with Gasteiger partial charge in [-0.1, -0.05) is 35.5 Å². The quantitative estimate of drug-likeness (QED) is 0.871. The smallest absolute Gasteiger partial charge is 0.273 e. The number of hydrogen-bond acceptors (Lipinski definition) is 5. The Morgan fingerprint density at radius 1 is 1.32 bits per heavy atom. The molecule has 1 atom stereocenters. The van der Waals surface area contributed by atoms with Crippen molar-refractivity contribution in [2.24, 2.45) is 0 Å². The normalized spacial score (nSPS) is 19.9. The lowest BCUT2D eigenvalue weighted by molar-refractivity contribution is 0.0936. The second-order valence-electron chi connectivity index (χ2n) is 5.36. The predicted octanol–water partition coefficient (Wildman–Crippen LogP) is 0.243. The zero-order valence-electron chi connectivity index (χ0n) is 11.8. The highest BCUT2D eigenvalue weighted by Crippen LogP contribution is 2.12. The largest absolute Gasteiger partial charge is 0.347 e. The molecule has 116 valence electrons. The second kappa shape index (κ2) is 5.88. The molecular formula is C14H16N4O3S. The summed E-state index contributed by atoms with van der Waals surface area (Å²) in [4.78, 5) is 12.1. The number of sulfone groups is 1. The highest BCUT2D eigenvalue weighted by Gasteiger charge is 2.29. The van der Waals surface area contributed by atoms with Crippen LogP contribution < -0.4 is 5.32 Å². The van der Waals surface area contributed by atoms with Crippen molar-refractivity contribution in [2.45, 2.75) is 19.0 Å². The molecule has 1 fully saturated rings. The summed E-state index contributed by atoms with van der Waals surface area (Å²) in [6.45, 7) is 0.527. The van der Waals surface area contributed by atoms with Crippen LogP contribution in [-0.4, -0.2) is 46.9 Å². The van der Waals surface area contributed by atoms with E-state index in [0.717, 1.165) is 5.56 Å². The predicted molar refractivity (Wildman–Crippen MR) is 80.1 cm³/mol. The first-order chi connectivity index (χ1) is 10.5.